The first-order valence-electron chi connectivity index (χ1n) is 5.08. The van der Waals surface area contributed by atoms with Crippen molar-refractivity contribution in [1.29, 1.82) is 0 Å². The van der Waals surface area contributed by atoms with Gasteiger partial charge in [-0.05, 0) is 46.4 Å². The largest absolute Gasteiger partial charge is 0.433 e. The molecule has 106 valence electrons. The summed E-state index contributed by atoms with van der Waals surface area (Å²) in [5.74, 6) is 0. The normalized spacial score (nSPS) is 11.8. The van der Waals surface area contributed by atoms with E-state index in [0.29, 0.717) is 3.57 Å². The number of nitrogens with zero attached hydrogens (tertiary/aromatic N) is 1. The molecule has 20 heavy (non-hydrogen) atoms. The van der Waals surface area contributed by atoms with Crippen molar-refractivity contribution in [2.75, 3.05) is 0 Å². The zero-order valence-corrected chi connectivity index (χ0v) is 13.8. The molecule has 1 aromatic heterocycles. The van der Waals surface area contributed by atoms with Crippen molar-refractivity contribution >= 4 is 57.4 Å². The lowest BCUT2D eigenvalue weighted by molar-refractivity contribution is -0.140. The predicted octanol–water partition coefficient (Wildman–Crippen LogP) is 6.33. The first-order chi connectivity index (χ1) is 9.21. The molecule has 0 aliphatic rings. The lowest BCUT2D eigenvalue weighted by Gasteiger charge is -2.14. The molecule has 0 radical (unpaired) electrons. The van der Waals surface area contributed by atoms with E-state index in [4.69, 9.17) is 34.8 Å². The van der Waals surface area contributed by atoms with Crippen molar-refractivity contribution in [3.63, 3.8) is 0 Å². The number of hydrogen-bond acceptors (Lipinski definition) is 1. The molecule has 0 saturated carbocycles. The Bertz CT molecular complexity index is 650. The summed E-state index contributed by atoms with van der Waals surface area (Å²) in [6.45, 7) is 0. The molecule has 2 aromatic rings. The number of hydrogen-bond donors (Lipinski definition) is 0. The van der Waals surface area contributed by atoms with Crippen molar-refractivity contribution < 1.29 is 13.2 Å². The van der Waals surface area contributed by atoms with E-state index < -0.39 is 11.9 Å². The van der Waals surface area contributed by atoms with Crippen LogP contribution in [0.5, 0.6) is 0 Å². The molecule has 0 aliphatic carbocycles. The van der Waals surface area contributed by atoms with Gasteiger partial charge >= 0.3 is 6.18 Å². The van der Waals surface area contributed by atoms with Gasteiger partial charge in [0.2, 0.25) is 0 Å². The Morgan fingerprint density at radius 2 is 1.60 bits per heavy atom. The van der Waals surface area contributed by atoms with E-state index in [2.05, 4.69) is 4.98 Å². The van der Waals surface area contributed by atoms with E-state index in [1.807, 2.05) is 0 Å². The third-order valence-corrected chi connectivity index (χ3v) is 4.54. The molecule has 0 spiro atoms. The Balaban J connectivity index is 2.76. The summed E-state index contributed by atoms with van der Waals surface area (Å²) >= 11 is 19.3. The van der Waals surface area contributed by atoms with Crippen LogP contribution in [0, 0.1) is 3.57 Å². The Morgan fingerprint density at radius 3 is 2.10 bits per heavy atom. The zero-order chi connectivity index (χ0) is 15.1. The molecule has 0 saturated heterocycles. The van der Waals surface area contributed by atoms with E-state index in [1.165, 1.54) is 18.2 Å². The third kappa shape index (κ3) is 3.16. The average Bonchev–Trinajstić information content (AvgIpc) is 2.34. The molecular formula is C12H4Cl3F3IN. The van der Waals surface area contributed by atoms with Crippen molar-refractivity contribution in [2.45, 2.75) is 6.18 Å². The Kier molecular flexibility index (Phi) is 4.73. The molecular weight excluding hydrogens is 448 g/mol. The predicted molar refractivity (Wildman–Crippen MR) is 82.4 cm³/mol. The van der Waals surface area contributed by atoms with Gasteiger partial charge in [0.25, 0.3) is 0 Å². The molecule has 0 amide bonds. The highest BCUT2D eigenvalue weighted by Gasteiger charge is 2.36. The number of alkyl halides is 3. The van der Waals surface area contributed by atoms with Crippen LogP contribution < -0.4 is 0 Å². The molecule has 0 N–H and O–H groups in total. The third-order valence-electron chi connectivity index (χ3n) is 2.44. The molecule has 1 nitrogen and oxygen atoms in total. The van der Waals surface area contributed by atoms with Gasteiger partial charge in [-0.25, -0.2) is 0 Å². The maximum absolute atomic E-state index is 13.0. The fraction of sp³-hybridized carbons (Fsp3) is 0.0833. The molecule has 1 aromatic carbocycles. The lowest BCUT2D eigenvalue weighted by Crippen LogP contribution is -2.11. The van der Waals surface area contributed by atoms with Gasteiger partial charge in [-0.1, -0.05) is 34.8 Å². The standard InChI is InChI=1S/C12H4Cl3F3IN/c13-6-3-5(4-7(14)10(6)15)9-8(19)1-2-20-11(9)12(16,17)18/h1-4H. The quantitative estimate of drug-likeness (QED) is 0.364. The van der Waals surface area contributed by atoms with Gasteiger partial charge in [0.1, 0.15) is 0 Å². The lowest BCUT2D eigenvalue weighted by atomic mass is 10.0. The molecule has 1 heterocycles. The minimum Gasteiger partial charge on any atom is -0.251 e. The topological polar surface area (TPSA) is 12.9 Å². The van der Waals surface area contributed by atoms with Gasteiger partial charge < -0.3 is 0 Å². The van der Waals surface area contributed by atoms with E-state index in [-0.39, 0.29) is 26.2 Å². The van der Waals surface area contributed by atoms with Crippen LogP contribution in [-0.2, 0) is 6.18 Å². The summed E-state index contributed by atoms with van der Waals surface area (Å²) in [4.78, 5) is 3.42. The molecule has 2 rings (SSSR count). The minimum atomic E-state index is -4.57. The number of rotatable bonds is 1. The van der Waals surface area contributed by atoms with Crippen LogP contribution in [-0.4, -0.2) is 4.98 Å². The van der Waals surface area contributed by atoms with Gasteiger partial charge in [-0.15, -0.1) is 0 Å². The smallest absolute Gasteiger partial charge is 0.251 e. The highest BCUT2D eigenvalue weighted by atomic mass is 127. The van der Waals surface area contributed by atoms with Gasteiger partial charge in [0.15, 0.2) is 5.69 Å². The Labute approximate surface area is 141 Å². The molecule has 0 aliphatic heterocycles. The fourth-order valence-corrected chi connectivity index (χ4v) is 2.95. The first kappa shape index (κ1) is 16.1. The van der Waals surface area contributed by atoms with Crippen LogP contribution in [0.3, 0.4) is 0 Å². The summed E-state index contributed by atoms with van der Waals surface area (Å²) in [5, 5.41) is 0.272. The van der Waals surface area contributed by atoms with E-state index in [0.717, 1.165) is 6.20 Å². The van der Waals surface area contributed by atoms with Crippen molar-refractivity contribution in [2.24, 2.45) is 0 Å². The molecule has 0 fully saturated rings. The molecule has 0 unspecified atom stereocenters. The number of pyridine rings is 1. The first-order valence-corrected chi connectivity index (χ1v) is 7.29. The SMILES string of the molecule is FC(F)(F)c1nccc(I)c1-c1cc(Cl)c(Cl)c(Cl)c1. The van der Waals surface area contributed by atoms with E-state index >= 15 is 0 Å². The second kappa shape index (κ2) is 5.87. The Hall–Kier alpha value is -0.240. The minimum absolute atomic E-state index is 0.0685. The average molecular weight is 452 g/mol. The molecule has 0 atom stereocenters. The van der Waals surface area contributed by atoms with Crippen LogP contribution in [0.4, 0.5) is 13.2 Å². The number of halogens is 7. The maximum Gasteiger partial charge on any atom is 0.433 e. The van der Waals surface area contributed by atoms with Crippen LogP contribution in [0.1, 0.15) is 5.69 Å². The van der Waals surface area contributed by atoms with E-state index in [1.54, 1.807) is 22.6 Å². The fourth-order valence-electron chi connectivity index (χ4n) is 1.63. The number of aromatic nitrogens is 1. The monoisotopic (exact) mass is 451 g/mol. The van der Waals surface area contributed by atoms with Crippen molar-refractivity contribution in [1.82, 2.24) is 4.98 Å². The van der Waals surface area contributed by atoms with Crippen LogP contribution in [0.25, 0.3) is 11.1 Å². The number of benzene rings is 1. The maximum atomic E-state index is 13.0. The second-order valence-electron chi connectivity index (χ2n) is 3.77. The zero-order valence-electron chi connectivity index (χ0n) is 9.40. The summed E-state index contributed by atoms with van der Waals surface area (Å²) in [5.41, 5.74) is -0.839. The van der Waals surface area contributed by atoms with Gasteiger partial charge in [0, 0.05) is 15.3 Å². The van der Waals surface area contributed by atoms with Crippen LogP contribution in [0.15, 0.2) is 24.4 Å². The second-order valence-corrected chi connectivity index (χ2v) is 6.12. The Morgan fingerprint density at radius 1 is 1.05 bits per heavy atom. The van der Waals surface area contributed by atoms with Gasteiger partial charge in [0.05, 0.1) is 15.1 Å². The highest BCUT2D eigenvalue weighted by Crippen LogP contribution is 2.41. The van der Waals surface area contributed by atoms with Gasteiger partial charge in [-0.2, -0.15) is 13.2 Å². The summed E-state index contributed by atoms with van der Waals surface area (Å²) in [6.07, 6.45) is -3.47. The van der Waals surface area contributed by atoms with Crippen molar-refractivity contribution in [3.8, 4) is 11.1 Å². The van der Waals surface area contributed by atoms with Crippen LogP contribution >= 0.6 is 57.4 Å². The molecule has 0 bridgehead atoms. The van der Waals surface area contributed by atoms with Crippen LogP contribution in [0.2, 0.25) is 15.1 Å². The summed E-state index contributed by atoms with van der Waals surface area (Å²) in [6, 6.07) is 4.15. The summed E-state index contributed by atoms with van der Waals surface area (Å²) < 4.78 is 39.5. The van der Waals surface area contributed by atoms with Gasteiger partial charge in [-0.3, -0.25) is 4.98 Å². The van der Waals surface area contributed by atoms with E-state index in [9.17, 15) is 13.2 Å². The van der Waals surface area contributed by atoms with Crippen molar-refractivity contribution in [3.05, 3.63) is 48.7 Å². The highest BCUT2D eigenvalue weighted by molar-refractivity contribution is 14.1. The summed E-state index contributed by atoms with van der Waals surface area (Å²) in [7, 11) is 0. The molecule has 8 heteroatoms.